The minimum absolute atomic E-state index is 0.00292. The average Bonchev–Trinajstić information content (AvgIpc) is 2.92. The summed E-state index contributed by atoms with van der Waals surface area (Å²) in [6, 6.07) is 11.0. The fourth-order valence-electron chi connectivity index (χ4n) is 4.87. The van der Waals surface area contributed by atoms with E-state index in [1.54, 1.807) is 29.5 Å². The number of benzene rings is 2. The van der Waals surface area contributed by atoms with E-state index in [0.717, 1.165) is 42.8 Å². The quantitative estimate of drug-likeness (QED) is 0.170. The van der Waals surface area contributed by atoms with Gasteiger partial charge >= 0.3 is 0 Å². The van der Waals surface area contributed by atoms with Crippen LogP contribution in [0.2, 0.25) is 10.0 Å². The molecule has 1 fully saturated rings. The van der Waals surface area contributed by atoms with E-state index < -0.39 is 5.82 Å². The van der Waals surface area contributed by atoms with Gasteiger partial charge in [0, 0.05) is 47.8 Å². The summed E-state index contributed by atoms with van der Waals surface area (Å²) < 4.78 is 27.3. The maximum Gasteiger partial charge on any atom is 0.142 e. The molecule has 10 heteroatoms. The highest BCUT2D eigenvalue weighted by atomic mass is 35.5. The van der Waals surface area contributed by atoms with Crippen LogP contribution in [0.15, 0.2) is 61.4 Å². The number of hydrazine groups is 1. The van der Waals surface area contributed by atoms with Crippen LogP contribution in [-0.4, -0.2) is 34.0 Å². The van der Waals surface area contributed by atoms with Gasteiger partial charge in [0.15, 0.2) is 0 Å². The standard InChI is InChI=1S/C29H32Cl2F2N6/c1-17(27-24(30)7-8-25(33)28(27)31)13-20-14-21(15-37-29(20)35)26(34)16-39(36)23-9-11-38(12-10-23)18(2)19-3-5-22(32)6-4-19/h3-8,14-17,23H,2,9-13,34,36H2,1H3,(H2,35,37)/b26-16-. The van der Waals surface area contributed by atoms with Gasteiger partial charge in [0.1, 0.15) is 17.5 Å². The molecule has 0 aliphatic carbocycles. The molecule has 0 bridgehead atoms. The molecule has 0 amide bonds. The Kier molecular flexibility index (Phi) is 9.00. The first-order chi connectivity index (χ1) is 18.5. The topological polar surface area (TPSA) is 97.4 Å². The molecule has 0 radical (unpaired) electrons. The number of nitrogen functional groups attached to an aromatic ring is 1. The molecule has 1 aliphatic rings. The summed E-state index contributed by atoms with van der Waals surface area (Å²) >= 11 is 12.5. The van der Waals surface area contributed by atoms with Gasteiger partial charge in [-0.25, -0.2) is 19.6 Å². The highest BCUT2D eigenvalue weighted by molar-refractivity contribution is 6.36. The van der Waals surface area contributed by atoms with Crippen molar-refractivity contribution in [2.45, 2.75) is 38.1 Å². The maximum absolute atomic E-state index is 14.0. The van der Waals surface area contributed by atoms with E-state index in [1.807, 2.05) is 13.0 Å². The van der Waals surface area contributed by atoms with Gasteiger partial charge in [-0.05, 0) is 72.2 Å². The monoisotopic (exact) mass is 572 g/mol. The lowest BCUT2D eigenvalue weighted by Crippen LogP contribution is -2.45. The zero-order valence-electron chi connectivity index (χ0n) is 21.7. The first-order valence-electron chi connectivity index (χ1n) is 12.6. The van der Waals surface area contributed by atoms with Gasteiger partial charge in [-0.3, -0.25) is 0 Å². The highest BCUT2D eigenvalue weighted by Crippen LogP contribution is 2.36. The van der Waals surface area contributed by atoms with E-state index in [9.17, 15) is 8.78 Å². The van der Waals surface area contributed by atoms with Gasteiger partial charge in [-0.2, -0.15) is 0 Å². The van der Waals surface area contributed by atoms with Crippen LogP contribution in [0.25, 0.3) is 11.4 Å². The largest absolute Gasteiger partial charge is 0.397 e. The molecule has 206 valence electrons. The summed E-state index contributed by atoms with van der Waals surface area (Å²) in [4.78, 5) is 6.49. The number of nitrogens with zero attached hydrogens (tertiary/aromatic N) is 3. The van der Waals surface area contributed by atoms with Crippen molar-refractivity contribution in [3.8, 4) is 0 Å². The Morgan fingerprint density at radius 2 is 1.82 bits per heavy atom. The van der Waals surface area contributed by atoms with Crippen molar-refractivity contribution < 1.29 is 8.78 Å². The van der Waals surface area contributed by atoms with Crippen molar-refractivity contribution in [3.05, 3.63) is 105 Å². The number of piperidine rings is 1. The second kappa shape index (κ2) is 12.2. The number of pyridine rings is 1. The summed E-state index contributed by atoms with van der Waals surface area (Å²) in [5.74, 6) is 5.73. The van der Waals surface area contributed by atoms with Crippen molar-refractivity contribution in [1.29, 1.82) is 0 Å². The van der Waals surface area contributed by atoms with Gasteiger partial charge in [0.25, 0.3) is 0 Å². The molecule has 3 aromatic rings. The van der Waals surface area contributed by atoms with Crippen LogP contribution in [0.5, 0.6) is 0 Å². The molecule has 1 aromatic heterocycles. The van der Waals surface area contributed by atoms with Crippen molar-refractivity contribution in [3.63, 3.8) is 0 Å². The van der Waals surface area contributed by atoms with Crippen LogP contribution < -0.4 is 17.3 Å². The summed E-state index contributed by atoms with van der Waals surface area (Å²) in [6.45, 7) is 7.61. The minimum atomic E-state index is -0.524. The van der Waals surface area contributed by atoms with Crippen LogP contribution in [0, 0.1) is 11.6 Å². The fraction of sp³-hybridized carbons (Fsp3) is 0.276. The summed E-state index contributed by atoms with van der Waals surface area (Å²) in [5, 5.41) is 2.03. The Morgan fingerprint density at radius 3 is 2.49 bits per heavy atom. The summed E-state index contributed by atoms with van der Waals surface area (Å²) in [5.41, 5.74) is 16.7. The fourth-order valence-corrected chi connectivity index (χ4v) is 5.61. The van der Waals surface area contributed by atoms with Gasteiger partial charge in [0.2, 0.25) is 0 Å². The Labute approximate surface area is 237 Å². The molecule has 6 N–H and O–H groups in total. The van der Waals surface area contributed by atoms with Crippen LogP contribution in [0.3, 0.4) is 0 Å². The number of aromatic nitrogens is 1. The Hall–Kier alpha value is -3.33. The molecule has 39 heavy (non-hydrogen) atoms. The third kappa shape index (κ3) is 6.64. The molecule has 0 spiro atoms. The SMILES string of the molecule is C=C(c1ccc(F)cc1)N1CCC(N(N)/C=C(\N)c2cnc(N)c(CC(C)c3c(Cl)ccc(F)c3Cl)c2)CC1. The second-order valence-electron chi connectivity index (χ2n) is 9.83. The molecule has 1 aliphatic heterocycles. The predicted molar refractivity (Wildman–Crippen MR) is 155 cm³/mol. The zero-order chi connectivity index (χ0) is 28.3. The van der Waals surface area contributed by atoms with E-state index in [2.05, 4.69) is 16.5 Å². The van der Waals surface area contributed by atoms with Crippen molar-refractivity contribution in [2.24, 2.45) is 11.6 Å². The number of hydrogen-bond acceptors (Lipinski definition) is 6. The Morgan fingerprint density at radius 1 is 1.15 bits per heavy atom. The summed E-state index contributed by atoms with van der Waals surface area (Å²) in [7, 11) is 0. The summed E-state index contributed by atoms with van der Waals surface area (Å²) in [6.07, 6.45) is 5.35. The molecule has 1 unspecified atom stereocenters. The zero-order valence-corrected chi connectivity index (χ0v) is 23.2. The molecule has 6 nitrogen and oxygen atoms in total. The number of rotatable bonds is 8. The maximum atomic E-state index is 14.0. The van der Waals surface area contributed by atoms with Gasteiger partial charge in [-0.1, -0.05) is 48.8 Å². The molecule has 4 rings (SSSR count). The predicted octanol–water partition coefficient (Wildman–Crippen LogP) is 6.16. The third-order valence-electron chi connectivity index (χ3n) is 7.17. The second-order valence-corrected chi connectivity index (χ2v) is 10.6. The van der Waals surface area contributed by atoms with Gasteiger partial charge in [0.05, 0.1) is 10.7 Å². The van der Waals surface area contributed by atoms with Crippen LogP contribution in [0.4, 0.5) is 14.6 Å². The molecular weight excluding hydrogens is 541 g/mol. The molecule has 1 saturated heterocycles. The number of likely N-dealkylation sites (tertiary alicyclic amines) is 1. The Balaban J connectivity index is 1.41. The van der Waals surface area contributed by atoms with Crippen molar-refractivity contribution in [2.75, 3.05) is 18.8 Å². The Bertz CT molecular complexity index is 1370. The minimum Gasteiger partial charge on any atom is -0.397 e. The van der Waals surface area contributed by atoms with Crippen molar-refractivity contribution in [1.82, 2.24) is 14.9 Å². The van der Waals surface area contributed by atoms with Crippen LogP contribution in [0.1, 0.15) is 47.9 Å². The lowest BCUT2D eigenvalue weighted by molar-refractivity contribution is 0.181. The molecule has 2 aromatic carbocycles. The number of halogens is 4. The number of nitrogens with two attached hydrogens (primary N) is 3. The molecule has 2 heterocycles. The molecule has 0 saturated carbocycles. The van der Waals surface area contributed by atoms with E-state index in [4.69, 9.17) is 40.5 Å². The first kappa shape index (κ1) is 28.7. The van der Waals surface area contributed by atoms with E-state index in [0.29, 0.717) is 34.1 Å². The van der Waals surface area contributed by atoms with E-state index >= 15 is 0 Å². The van der Waals surface area contributed by atoms with Crippen LogP contribution >= 0.6 is 23.2 Å². The van der Waals surface area contributed by atoms with E-state index in [-0.39, 0.29) is 22.8 Å². The number of anilines is 1. The molecule has 1 atom stereocenters. The average molecular weight is 574 g/mol. The molecular formula is C29H32Cl2F2N6. The highest BCUT2D eigenvalue weighted by Gasteiger charge is 2.24. The first-order valence-corrected chi connectivity index (χ1v) is 13.4. The van der Waals surface area contributed by atoms with Crippen LogP contribution in [-0.2, 0) is 6.42 Å². The van der Waals surface area contributed by atoms with Gasteiger partial charge in [-0.15, -0.1) is 0 Å². The lowest BCUT2D eigenvalue weighted by atomic mass is 9.93. The third-order valence-corrected chi connectivity index (χ3v) is 7.88. The normalized spacial score (nSPS) is 15.3. The van der Waals surface area contributed by atoms with Crippen molar-refractivity contribution >= 4 is 40.4 Å². The van der Waals surface area contributed by atoms with Gasteiger partial charge < -0.3 is 21.4 Å². The van der Waals surface area contributed by atoms with E-state index in [1.165, 1.54) is 24.3 Å². The number of hydrogen-bond donors (Lipinski definition) is 3. The smallest absolute Gasteiger partial charge is 0.142 e. The lowest BCUT2D eigenvalue weighted by Gasteiger charge is -2.38.